The summed E-state index contributed by atoms with van der Waals surface area (Å²) in [5.74, 6) is -0.253. The minimum absolute atomic E-state index is 0.191. The van der Waals surface area contributed by atoms with Gasteiger partial charge in [-0.05, 0) is 24.3 Å². The zero-order chi connectivity index (χ0) is 14.4. The van der Waals surface area contributed by atoms with Crippen molar-refractivity contribution in [3.05, 3.63) is 17.5 Å². The van der Waals surface area contributed by atoms with Crippen molar-refractivity contribution in [2.45, 2.75) is 48.8 Å². The number of carbonyl (C=O) groups is 1. The maximum absolute atomic E-state index is 11.9. The Morgan fingerprint density at radius 2 is 1.95 bits per heavy atom. The third-order valence-corrected chi connectivity index (χ3v) is 6.20. The third kappa shape index (κ3) is 4.57. The molecule has 0 saturated heterocycles. The average molecular weight is 316 g/mol. The maximum atomic E-state index is 11.9. The minimum Gasteiger partial charge on any atom is -0.352 e. The van der Waals surface area contributed by atoms with Crippen molar-refractivity contribution in [1.29, 1.82) is 0 Å². The first-order valence-electron chi connectivity index (χ1n) is 6.90. The lowest BCUT2D eigenvalue weighted by Gasteiger charge is -2.16. The van der Waals surface area contributed by atoms with E-state index in [9.17, 15) is 13.2 Å². The number of amides is 1. The molecule has 0 atom stereocenters. The van der Waals surface area contributed by atoms with E-state index < -0.39 is 10.0 Å². The highest BCUT2D eigenvalue weighted by Crippen LogP contribution is 2.17. The van der Waals surface area contributed by atoms with Gasteiger partial charge in [0.15, 0.2) is 0 Å². The lowest BCUT2D eigenvalue weighted by atomic mass is 10.1. The molecule has 1 amide bonds. The molecule has 0 aromatic carbocycles. The van der Waals surface area contributed by atoms with Crippen LogP contribution in [0.5, 0.6) is 0 Å². The number of hydrogen-bond donors (Lipinski definition) is 2. The number of nitrogens with one attached hydrogen (secondary N) is 2. The molecular formula is C13H20N2O3S2. The maximum Gasteiger partial charge on any atom is 0.250 e. The van der Waals surface area contributed by atoms with E-state index in [1.807, 2.05) is 0 Å². The highest BCUT2D eigenvalue weighted by Gasteiger charge is 2.18. The van der Waals surface area contributed by atoms with Crippen molar-refractivity contribution < 1.29 is 13.2 Å². The molecule has 5 nitrogen and oxygen atoms in total. The fourth-order valence-corrected chi connectivity index (χ4v) is 4.37. The molecule has 7 heteroatoms. The van der Waals surface area contributed by atoms with Gasteiger partial charge in [-0.25, -0.2) is 13.1 Å². The van der Waals surface area contributed by atoms with Gasteiger partial charge in [0.05, 0.1) is 6.54 Å². The van der Waals surface area contributed by atoms with E-state index in [0.29, 0.717) is 0 Å². The first kappa shape index (κ1) is 15.5. The van der Waals surface area contributed by atoms with Gasteiger partial charge in [-0.1, -0.05) is 31.7 Å². The van der Waals surface area contributed by atoms with Crippen molar-refractivity contribution >= 4 is 27.3 Å². The Hall–Kier alpha value is -0.920. The molecule has 0 spiro atoms. The van der Waals surface area contributed by atoms with Crippen molar-refractivity contribution in [2.24, 2.45) is 0 Å². The van der Waals surface area contributed by atoms with Crippen molar-refractivity contribution in [3.63, 3.8) is 0 Å². The summed E-state index contributed by atoms with van der Waals surface area (Å²) < 4.78 is 26.3. The molecule has 0 aliphatic heterocycles. The molecule has 2 N–H and O–H groups in total. The Labute approximate surface area is 123 Å². The van der Waals surface area contributed by atoms with Crippen molar-refractivity contribution in [1.82, 2.24) is 10.0 Å². The fraction of sp³-hybridized carbons (Fsp3) is 0.615. The minimum atomic E-state index is -3.55. The standard InChI is InChI=1S/C13H20N2O3S2/c16-12(15-11-6-3-1-2-4-7-11)10-14-20(17,18)13-8-5-9-19-13/h5,8-9,11,14H,1-4,6-7,10H2,(H,15,16). The summed E-state index contributed by atoms with van der Waals surface area (Å²) in [6.45, 7) is -0.198. The Balaban J connectivity index is 1.80. The molecule has 112 valence electrons. The second-order valence-corrected chi connectivity index (χ2v) is 7.95. The third-order valence-electron chi connectivity index (χ3n) is 3.40. The van der Waals surface area contributed by atoms with Crippen LogP contribution in [0.2, 0.25) is 0 Å². The summed E-state index contributed by atoms with van der Waals surface area (Å²) in [5.41, 5.74) is 0. The molecule has 0 radical (unpaired) electrons. The van der Waals surface area contributed by atoms with E-state index in [1.165, 1.54) is 18.9 Å². The zero-order valence-electron chi connectivity index (χ0n) is 11.3. The molecule has 1 aliphatic carbocycles. The van der Waals surface area contributed by atoms with E-state index in [0.717, 1.165) is 37.0 Å². The van der Waals surface area contributed by atoms with Crippen LogP contribution in [0.1, 0.15) is 38.5 Å². The molecular weight excluding hydrogens is 296 g/mol. The summed E-state index contributed by atoms with van der Waals surface area (Å²) >= 11 is 1.14. The second-order valence-electron chi connectivity index (χ2n) is 5.01. The van der Waals surface area contributed by atoms with Crippen molar-refractivity contribution in [3.8, 4) is 0 Å². The summed E-state index contributed by atoms with van der Waals surface area (Å²) in [5, 5.41) is 4.61. The highest BCUT2D eigenvalue weighted by molar-refractivity contribution is 7.91. The van der Waals surface area contributed by atoms with Crippen LogP contribution < -0.4 is 10.0 Å². The van der Waals surface area contributed by atoms with Gasteiger partial charge in [0.1, 0.15) is 4.21 Å². The number of thiophene rings is 1. The number of rotatable bonds is 5. The Morgan fingerprint density at radius 1 is 1.25 bits per heavy atom. The van der Waals surface area contributed by atoms with E-state index >= 15 is 0 Å². The molecule has 0 unspecified atom stereocenters. The number of hydrogen-bond acceptors (Lipinski definition) is 4. The Kier molecular flexibility index (Phi) is 5.56. The van der Waals surface area contributed by atoms with Gasteiger partial charge in [0.2, 0.25) is 5.91 Å². The SMILES string of the molecule is O=C(CNS(=O)(=O)c1cccs1)NC1CCCCCC1. The molecule has 1 fully saturated rings. The Morgan fingerprint density at radius 3 is 2.55 bits per heavy atom. The van der Waals surface area contributed by atoms with Gasteiger partial charge >= 0.3 is 0 Å². The van der Waals surface area contributed by atoms with Gasteiger partial charge in [-0.3, -0.25) is 4.79 Å². The highest BCUT2D eigenvalue weighted by atomic mass is 32.2. The van der Waals surface area contributed by atoms with Gasteiger partial charge in [-0.15, -0.1) is 11.3 Å². The van der Waals surface area contributed by atoms with Crippen LogP contribution in [0.25, 0.3) is 0 Å². The average Bonchev–Trinajstić information content (AvgIpc) is 2.85. The quantitative estimate of drug-likeness (QED) is 0.814. The van der Waals surface area contributed by atoms with Gasteiger partial charge in [0, 0.05) is 6.04 Å². The number of carbonyl (C=O) groups excluding carboxylic acids is 1. The summed E-state index contributed by atoms with van der Waals surface area (Å²) in [6.07, 6.45) is 6.68. The lowest BCUT2D eigenvalue weighted by molar-refractivity contribution is -0.120. The van der Waals surface area contributed by atoms with Crippen LogP contribution in [0.15, 0.2) is 21.7 Å². The molecule has 1 aromatic rings. The molecule has 1 saturated carbocycles. The topological polar surface area (TPSA) is 75.3 Å². The van der Waals surface area contributed by atoms with Crippen LogP contribution in [0, 0.1) is 0 Å². The fourth-order valence-electron chi connectivity index (χ4n) is 2.35. The van der Waals surface area contributed by atoms with Crippen LogP contribution >= 0.6 is 11.3 Å². The molecule has 1 aliphatic rings. The van der Waals surface area contributed by atoms with Crippen LogP contribution in [0.3, 0.4) is 0 Å². The summed E-state index contributed by atoms with van der Waals surface area (Å²) in [6, 6.07) is 3.39. The summed E-state index contributed by atoms with van der Waals surface area (Å²) in [4.78, 5) is 11.8. The molecule has 1 heterocycles. The van der Waals surface area contributed by atoms with E-state index in [2.05, 4.69) is 10.0 Å². The predicted octanol–water partition coefficient (Wildman–Crippen LogP) is 1.87. The van der Waals surface area contributed by atoms with Crippen LogP contribution in [-0.2, 0) is 14.8 Å². The van der Waals surface area contributed by atoms with Gasteiger partial charge in [-0.2, -0.15) is 0 Å². The zero-order valence-corrected chi connectivity index (χ0v) is 12.9. The summed E-state index contributed by atoms with van der Waals surface area (Å²) in [7, 11) is -3.55. The Bertz CT molecular complexity index is 518. The molecule has 2 rings (SSSR count). The van der Waals surface area contributed by atoms with Gasteiger partial charge in [0.25, 0.3) is 10.0 Å². The molecule has 1 aromatic heterocycles. The smallest absolute Gasteiger partial charge is 0.250 e. The first-order chi connectivity index (χ1) is 9.58. The van der Waals surface area contributed by atoms with E-state index in [4.69, 9.17) is 0 Å². The van der Waals surface area contributed by atoms with Crippen molar-refractivity contribution in [2.75, 3.05) is 6.54 Å². The predicted molar refractivity (Wildman–Crippen MR) is 79.1 cm³/mol. The van der Waals surface area contributed by atoms with E-state index in [-0.39, 0.29) is 22.7 Å². The lowest BCUT2D eigenvalue weighted by Crippen LogP contribution is -2.41. The molecule has 0 bridgehead atoms. The molecule has 20 heavy (non-hydrogen) atoms. The van der Waals surface area contributed by atoms with E-state index in [1.54, 1.807) is 11.4 Å². The normalized spacial score (nSPS) is 17.6. The number of sulfonamides is 1. The van der Waals surface area contributed by atoms with Crippen LogP contribution in [0.4, 0.5) is 0 Å². The largest absolute Gasteiger partial charge is 0.352 e. The van der Waals surface area contributed by atoms with Gasteiger partial charge < -0.3 is 5.32 Å². The van der Waals surface area contributed by atoms with Crippen LogP contribution in [-0.4, -0.2) is 26.9 Å². The second kappa shape index (κ2) is 7.19. The monoisotopic (exact) mass is 316 g/mol. The first-order valence-corrected chi connectivity index (χ1v) is 9.27.